The average Bonchev–Trinajstić information content (AvgIpc) is 3.19. The molecule has 7 nitrogen and oxygen atoms in total. The van der Waals surface area contributed by atoms with Crippen LogP contribution in [0.5, 0.6) is 0 Å². The number of piperidine rings is 1. The van der Waals surface area contributed by atoms with Gasteiger partial charge in [-0.05, 0) is 51.7 Å². The van der Waals surface area contributed by atoms with Crippen LogP contribution in [-0.4, -0.2) is 87.8 Å². The van der Waals surface area contributed by atoms with Crippen LogP contribution in [0.25, 0.3) is 0 Å². The molecule has 9 heteroatoms. The normalized spacial score (nSPS) is 16.0. The van der Waals surface area contributed by atoms with Gasteiger partial charge in [-0.3, -0.25) is 9.89 Å². The Morgan fingerprint density at radius 3 is 2.73 bits per heavy atom. The van der Waals surface area contributed by atoms with Gasteiger partial charge < -0.3 is 20.3 Å². The van der Waals surface area contributed by atoms with Crippen molar-refractivity contribution in [2.24, 2.45) is 10.9 Å². The summed E-state index contributed by atoms with van der Waals surface area (Å²) in [6.45, 7) is 10.3. The summed E-state index contributed by atoms with van der Waals surface area (Å²) in [6, 6.07) is 0. The van der Waals surface area contributed by atoms with Crippen LogP contribution in [0.4, 0.5) is 0 Å². The van der Waals surface area contributed by atoms with E-state index in [9.17, 15) is 0 Å². The largest absolute Gasteiger partial charge is 0.385 e. The third-order valence-electron chi connectivity index (χ3n) is 5.45. The number of hydrogen-bond donors (Lipinski definition) is 2. The second-order valence-electron chi connectivity index (χ2n) is 7.84. The summed E-state index contributed by atoms with van der Waals surface area (Å²) in [5.74, 6) is 1.62. The van der Waals surface area contributed by atoms with Crippen LogP contribution in [-0.2, 0) is 17.7 Å². The van der Waals surface area contributed by atoms with Gasteiger partial charge >= 0.3 is 0 Å². The minimum atomic E-state index is 0. The number of nitrogens with zero attached hydrogens (tertiary/aromatic N) is 4. The fourth-order valence-corrected chi connectivity index (χ4v) is 4.32. The van der Waals surface area contributed by atoms with Gasteiger partial charge in [-0.15, -0.1) is 35.3 Å². The fourth-order valence-electron chi connectivity index (χ4n) is 3.58. The number of methoxy groups -OCH3 is 1. The number of aryl methyl sites for hydroxylation is 1. The molecule has 2 rings (SSSR count). The first-order valence-electron chi connectivity index (χ1n) is 10.9. The molecule has 2 N–H and O–H groups in total. The zero-order valence-electron chi connectivity index (χ0n) is 19.2. The molecule has 1 saturated heterocycles. The molecule has 0 atom stereocenters. The Morgan fingerprint density at radius 2 is 2.10 bits per heavy atom. The molecule has 2 heterocycles. The van der Waals surface area contributed by atoms with Crippen LogP contribution >= 0.6 is 35.3 Å². The van der Waals surface area contributed by atoms with Gasteiger partial charge in [0.2, 0.25) is 0 Å². The molecule has 0 spiro atoms. The van der Waals surface area contributed by atoms with Crippen LogP contribution in [0, 0.1) is 5.92 Å². The lowest BCUT2D eigenvalue weighted by Crippen LogP contribution is -2.44. The minimum absolute atomic E-state index is 0. The second-order valence-corrected chi connectivity index (χ2v) is 8.78. The Kier molecular flexibility index (Phi) is 14.9. The first-order valence-corrected chi connectivity index (χ1v) is 11.8. The van der Waals surface area contributed by atoms with E-state index in [1.165, 1.54) is 23.5 Å². The van der Waals surface area contributed by atoms with Gasteiger partial charge in [-0.2, -0.15) is 0 Å². The molecule has 0 unspecified atom stereocenters. The molecule has 1 aromatic rings. The van der Waals surface area contributed by atoms with E-state index in [-0.39, 0.29) is 24.0 Å². The van der Waals surface area contributed by atoms with Crippen molar-refractivity contribution in [3.63, 3.8) is 0 Å². The molecule has 174 valence electrons. The molecule has 0 aromatic carbocycles. The van der Waals surface area contributed by atoms with Gasteiger partial charge in [0, 0.05) is 58.9 Å². The van der Waals surface area contributed by atoms with Crippen molar-refractivity contribution in [3.05, 3.63) is 16.1 Å². The molecular formula is C21H41IN6OS. The number of halogens is 1. The summed E-state index contributed by atoms with van der Waals surface area (Å²) < 4.78 is 5.11. The third-order valence-corrected chi connectivity index (χ3v) is 6.49. The van der Waals surface area contributed by atoms with E-state index in [0.717, 1.165) is 71.2 Å². The van der Waals surface area contributed by atoms with E-state index in [2.05, 4.69) is 44.8 Å². The SMILES string of the molecule is CCc1nc(CN2CCC(CNC(=NC)NCCN(C)CCCOC)CC2)cs1.I. The zero-order valence-corrected chi connectivity index (χ0v) is 22.3. The minimum Gasteiger partial charge on any atom is -0.385 e. The lowest BCUT2D eigenvalue weighted by molar-refractivity contribution is 0.176. The molecule has 0 radical (unpaired) electrons. The van der Waals surface area contributed by atoms with E-state index in [4.69, 9.17) is 9.72 Å². The number of aromatic nitrogens is 1. The van der Waals surface area contributed by atoms with Crippen LogP contribution in [0.1, 0.15) is 36.9 Å². The average molecular weight is 553 g/mol. The molecular weight excluding hydrogens is 511 g/mol. The van der Waals surface area contributed by atoms with Gasteiger partial charge in [0.05, 0.1) is 10.7 Å². The number of guanidine groups is 1. The quantitative estimate of drug-likeness (QED) is 0.180. The smallest absolute Gasteiger partial charge is 0.191 e. The topological polar surface area (TPSA) is 65.0 Å². The molecule has 0 bridgehead atoms. The third kappa shape index (κ3) is 10.7. The number of nitrogens with one attached hydrogen (secondary N) is 2. The number of ether oxygens (including phenoxy) is 1. The van der Waals surface area contributed by atoms with Crippen molar-refractivity contribution in [2.45, 2.75) is 39.2 Å². The highest BCUT2D eigenvalue weighted by molar-refractivity contribution is 14.0. The summed E-state index contributed by atoms with van der Waals surface area (Å²) >= 11 is 1.79. The summed E-state index contributed by atoms with van der Waals surface area (Å²) in [7, 11) is 5.75. The second kappa shape index (κ2) is 16.2. The van der Waals surface area contributed by atoms with Crippen molar-refractivity contribution in [2.75, 3.05) is 67.1 Å². The summed E-state index contributed by atoms with van der Waals surface area (Å²) in [5, 5.41) is 10.4. The molecule has 0 aliphatic carbocycles. The van der Waals surface area contributed by atoms with Crippen LogP contribution in [0.2, 0.25) is 0 Å². The molecule has 1 aromatic heterocycles. The van der Waals surface area contributed by atoms with Crippen molar-refractivity contribution < 1.29 is 4.74 Å². The highest BCUT2D eigenvalue weighted by Gasteiger charge is 2.20. The maximum absolute atomic E-state index is 5.11. The molecule has 1 fully saturated rings. The van der Waals surface area contributed by atoms with E-state index >= 15 is 0 Å². The van der Waals surface area contributed by atoms with E-state index in [1.54, 1.807) is 18.4 Å². The summed E-state index contributed by atoms with van der Waals surface area (Å²) in [6.07, 6.45) is 4.58. The molecule has 30 heavy (non-hydrogen) atoms. The van der Waals surface area contributed by atoms with Gasteiger partial charge in [-0.25, -0.2) is 4.98 Å². The van der Waals surface area contributed by atoms with E-state index in [1.807, 2.05) is 7.05 Å². The van der Waals surface area contributed by atoms with Crippen LogP contribution < -0.4 is 10.6 Å². The maximum Gasteiger partial charge on any atom is 0.191 e. The standard InChI is InChI=1S/C21H40N6OS.HI/c1-5-20-25-19(17-29-20)16-27-11-7-18(8-12-27)15-24-21(22-2)23-9-13-26(3)10-6-14-28-4;/h17-18H,5-16H2,1-4H3,(H2,22,23,24);1H. The molecule has 0 saturated carbocycles. The first kappa shape index (κ1) is 27.5. The van der Waals surface area contributed by atoms with Crippen LogP contribution in [0.15, 0.2) is 10.4 Å². The highest BCUT2D eigenvalue weighted by atomic mass is 127. The lowest BCUT2D eigenvalue weighted by Gasteiger charge is -2.31. The number of rotatable bonds is 12. The predicted molar refractivity (Wildman–Crippen MR) is 138 cm³/mol. The monoisotopic (exact) mass is 552 g/mol. The number of hydrogen-bond acceptors (Lipinski definition) is 6. The molecule has 1 aliphatic heterocycles. The Labute approximate surface area is 204 Å². The predicted octanol–water partition coefficient (Wildman–Crippen LogP) is 2.67. The Hall–Kier alpha value is -0.490. The summed E-state index contributed by atoms with van der Waals surface area (Å²) in [4.78, 5) is 13.9. The number of aliphatic imine (C=N–C) groups is 1. The number of thiazole rings is 1. The Morgan fingerprint density at radius 1 is 1.33 bits per heavy atom. The maximum atomic E-state index is 5.11. The number of likely N-dealkylation sites (tertiary alicyclic amines) is 1. The van der Waals surface area contributed by atoms with Gasteiger partial charge in [0.1, 0.15) is 0 Å². The molecule has 0 amide bonds. The van der Waals surface area contributed by atoms with Crippen LogP contribution in [0.3, 0.4) is 0 Å². The first-order chi connectivity index (χ1) is 14.1. The van der Waals surface area contributed by atoms with Gasteiger partial charge in [0.15, 0.2) is 5.96 Å². The lowest BCUT2D eigenvalue weighted by atomic mass is 9.97. The molecule has 1 aliphatic rings. The Balaban J connectivity index is 0.00000450. The Bertz CT molecular complexity index is 592. The van der Waals surface area contributed by atoms with Crippen molar-refractivity contribution in [1.82, 2.24) is 25.4 Å². The zero-order chi connectivity index (χ0) is 20.9. The van der Waals surface area contributed by atoms with E-state index < -0.39 is 0 Å². The highest BCUT2D eigenvalue weighted by Crippen LogP contribution is 2.19. The van der Waals surface area contributed by atoms with Gasteiger partial charge in [0.25, 0.3) is 0 Å². The van der Waals surface area contributed by atoms with Crippen molar-refractivity contribution >= 4 is 41.3 Å². The van der Waals surface area contributed by atoms with Crippen molar-refractivity contribution in [1.29, 1.82) is 0 Å². The van der Waals surface area contributed by atoms with Gasteiger partial charge in [-0.1, -0.05) is 6.92 Å². The van der Waals surface area contributed by atoms with E-state index in [0.29, 0.717) is 5.92 Å². The summed E-state index contributed by atoms with van der Waals surface area (Å²) in [5.41, 5.74) is 1.24. The van der Waals surface area contributed by atoms with Crippen molar-refractivity contribution in [3.8, 4) is 0 Å². The number of likely N-dealkylation sites (N-methyl/N-ethyl adjacent to an activating group) is 1. The fraction of sp³-hybridized carbons (Fsp3) is 0.810.